The number of carbonyl (C=O) groups excluding carboxylic acids is 2. The second-order valence-corrected chi connectivity index (χ2v) is 12.1. The van der Waals surface area contributed by atoms with Gasteiger partial charge in [0.1, 0.15) is 5.75 Å². The molecule has 2 amide bonds. The van der Waals surface area contributed by atoms with Crippen LogP contribution in [-0.4, -0.2) is 73.9 Å². The van der Waals surface area contributed by atoms with Gasteiger partial charge in [0.05, 0.1) is 36.7 Å². The zero-order valence-corrected chi connectivity index (χ0v) is 22.7. The fourth-order valence-corrected chi connectivity index (χ4v) is 6.42. The third-order valence-electron chi connectivity index (χ3n) is 5.11. The number of rotatable bonds is 9. The standard InChI is InChI=1S/C22H22ClN5O6S3/c1-33-18-7-4-15(23)12-17(18)24-19(29)13-35-22-27-26-21(36-22)25-20(30)14-2-5-16(6-3-14)37(31,32)28-8-10-34-11-9-28/h2-7,12H,8-11,13H2,1H3,(H,24,29)(H,25,26,30). The van der Waals surface area contributed by atoms with E-state index >= 15 is 0 Å². The molecule has 37 heavy (non-hydrogen) atoms. The van der Waals surface area contributed by atoms with Crippen molar-refractivity contribution in [3.8, 4) is 5.75 Å². The van der Waals surface area contributed by atoms with Gasteiger partial charge in [-0.2, -0.15) is 4.31 Å². The molecule has 4 rings (SSSR count). The van der Waals surface area contributed by atoms with E-state index in [2.05, 4.69) is 20.8 Å². The molecule has 1 fully saturated rings. The maximum Gasteiger partial charge on any atom is 0.257 e. The molecule has 15 heteroatoms. The maximum atomic E-state index is 12.7. The van der Waals surface area contributed by atoms with E-state index in [9.17, 15) is 18.0 Å². The van der Waals surface area contributed by atoms with Gasteiger partial charge in [0, 0.05) is 23.7 Å². The number of carbonyl (C=O) groups is 2. The van der Waals surface area contributed by atoms with Crippen molar-refractivity contribution in [3.63, 3.8) is 0 Å². The molecular formula is C22H22ClN5O6S3. The molecule has 0 aliphatic carbocycles. The van der Waals surface area contributed by atoms with Crippen LogP contribution in [0.5, 0.6) is 5.75 Å². The number of hydrogen-bond acceptors (Lipinski definition) is 10. The van der Waals surface area contributed by atoms with Gasteiger partial charge >= 0.3 is 0 Å². The summed E-state index contributed by atoms with van der Waals surface area (Å²) in [7, 11) is -2.15. The first-order chi connectivity index (χ1) is 17.8. The van der Waals surface area contributed by atoms with Crippen LogP contribution in [-0.2, 0) is 19.6 Å². The highest BCUT2D eigenvalue weighted by Crippen LogP contribution is 2.29. The number of morpholine rings is 1. The Kier molecular flexibility index (Phi) is 9.00. The Morgan fingerprint density at radius 2 is 1.86 bits per heavy atom. The molecule has 0 radical (unpaired) electrons. The van der Waals surface area contributed by atoms with Crippen LogP contribution in [0.3, 0.4) is 0 Å². The van der Waals surface area contributed by atoms with Crippen LogP contribution in [0.4, 0.5) is 10.8 Å². The average molecular weight is 584 g/mol. The first-order valence-electron chi connectivity index (χ1n) is 10.9. The fourth-order valence-electron chi connectivity index (χ4n) is 3.29. The summed E-state index contributed by atoms with van der Waals surface area (Å²) >= 11 is 8.25. The van der Waals surface area contributed by atoms with Gasteiger partial charge in [0.15, 0.2) is 4.34 Å². The van der Waals surface area contributed by atoms with E-state index in [-0.39, 0.29) is 27.3 Å². The van der Waals surface area contributed by atoms with Crippen molar-refractivity contribution in [2.75, 3.05) is 49.8 Å². The summed E-state index contributed by atoms with van der Waals surface area (Å²) in [6, 6.07) is 10.6. The number of halogens is 1. The van der Waals surface area contributed by atoms with Crippen molar-refractivity contribution in [2.24, 2.45) is 0 Å². The molecule has 0 saturated carbocycles. The number of anilines is 2. The number of thioether (sulfide) groups is 1. The molecule has 11 nitrogen and oxygen atoms in total. The highest BCUT2D eigenvalue weighted by molar-refractivity contribution is 8.01. The van der Waals surface area contributed by atoms with Gasteiger partial charge in [0.25, 0.3) is 5.91 Å². The minimum Gasteiger partial charge on any atom is -0.495 e. The quantitative estimate of drug-likeness (QED) is 0.287. The monoisotopic (exact) mass is 583 g/mol. The van der Waals surface area contributed by atoms with Gasteiger partial charge in [-0.3, -0.25) is 14.9 Å². The highest BCUT2D eigenvalue weighted by atomic mass is 35.5. The van der Waals surface area contributed by atoms with Crippen molar-refractivity contribution in [3.05, 3.63) is 53.1 Å². The molecule has 196 valence electrons. The Bertz CT molecular complexity index is 1380. The Hall–Kier alpha value is -2.75. The minimum absolute atomic E-state index is 0.0529. The number of sulfonamides is 1. The summed E-state index contributed by atoms with van der Waals surface area (Å²) in [4.78, 5) is 25.0. The Morgan fingerprint density at radius 1 is 1.14 bits per heavy atom. The van der Waals surface area contributed by atoms with Gasteiger partial charge in [-0.25, -0.2) is 8.42 Å². The molecule has 1 aliphatic heterocycles. The lowest BCUT2D eigenvalue weighted by atomic mass is 10.2. The molecule has 3 aromatic rings. The second-order valence-electron chi connectivity index (χ2n) is 7.55. The van der Waals surface area contributed by atoms with Crippen LogP contribution in [0.2, 0.25) is 5.02 Å². The molecule has 0 atom stereocenters. The first kappa shape index (κ1) is 27.3. The zero-order valence-electron chi connectivity index (χ0n) is 19.5. The lowest BCUT2D eigenvalue weighted by molar-refractivity contribution is -0.113. The summed E-state index contributed by atoms with van der Waals surface area (Å²) < 4.78 is 37.7. The predicted octanol–water partition coefficient (Wildman–Crippen LogP) is 3.20. The molecule has 2 aromatic carbocycles. The van der Waals surface area contributed by atoms with Crippen molar-refractivity contribution >= 4 is 67.4 Å². The van der Waals surface area contributed by atoms with Crippen LogP contribution in [0, 0.1) is 0 Å². The largest absolute Gasteiger partial charge is 0.495 e. The number of methoxy groups -OCH3 is 1. The number of aromatic nitrogens is 2. The zero-order chi connectivity index (χ0) is 26.4. The summed E-state index contributed by atoms with van der Waals surface area (Å²) in [5.41, 5.74) is 0.717. The van der Waals surface area contributed by atoms with Crippen LogP contribution >= 0.6 is 34.7 Å². The van der Waals surface area contributed by atoms with E-state index in [1.807, 2.05) is 0 Å². The third-order valence-corrected chi connectivity index (χ3v) is 9.23. The lowest BCUT2D eigenvalue weighted by Gasteiger charge is -2.26. The molecule has 1 saturated heterocycles. The molecule has 1 aromatic heterocycles. The maximum absolute atomic E-state index is 12.7. The summed E-state index contributed by atoms with van der Waals surface area (Å²) in [5.74, 6) is -0.222. The second kappa shape index (κ2) is 12.2. The van der Waals surface area contributed by atoms with Gasteiger partial charge in [-0.05, 0) is 42.5 Å². The van der Waals surface area contributed by atoms with Crippen molar-refractivity contribution in [1.29, 1.82) is 0 Å². The van der Waals surface area contributed by atoms with E-state index in [1.54, 1.807) is 18.2 Å². The van der Waals surface area contributed by atoms with E-state index in [0.29, 0.717) is 47.1 Å². The number of benzene rings is 2. The third kappa shape index (κ3) is 6.97. The van der Waals surface area contributed by atoms with E-state index in [4.69, 9.17) is 21.1 Å². The van der Waals surface area contributed by atoms with E-state index in [0.717, 1.165) is 23.1 Å². The number of hydrogen-bond donors (Lipinski definition) is 2. The number of ether oxygens (including phenoxy) is 2. The molecule has 0 bridgehead atoms. The number of amides is 2. The molecule has 2 N–H and O–H groups in total. The molecule has 2 heterocycles. The van der Waals surface area contributed by atoms with Crippen LogP contribution in [0.15, 0.2) is 51.7 Å². The van der Waals surface area contributed by atoms with Crippen molar-refractivity contribution < 1.29 is 27.5 Å². The minimum atomic E-state index is -3.65. The van der Waals surface area contributed by atoms with E-state index in [1.165, 1.54) is 35.7 Å². The summed E-state index contributed by atoms with van der Waals surface area (Å²) in [5, 5.41) is 14.0. The topological polar surface area (TPSA) is 140 Å². The van der Waals surface area contributed by atoms with Crippen LogP contribution in [0.25, 0.3) is 0 Å². The summed E-state index contributed by atoms with van der Waals surface area (Å²) in [6.45, 7) is 1.28. The molecule has 0 spiro atoms. The van der Waals surface area contributed by atoms with Gasteiger partial charge in [0.2, 0.25) is 21.1 Å². The predicted molar refractivity (Wildman–Crippen MR) is 141 cm³/mol. The highest BCUT2D eigenvalue weighted by Gasteiger charge is 2.26. The Balaban J connectivity index is 1.31. The van der Waals surface area contributed by atoms with Crippen LogP contribution < -0.4 is 15.4 Å². The molecule has 1 aliphatic rings. The van der Waals surface area contributed by atoms with Crippen LogP contribution in [0.1, 0.15) is 10.4 Å². The molecule has 0 unspecified atom stereocenters. The van der Waals surface area contributed by atoms with Gasteiger partial charge < -0.3 is 14.8 Å². The SMILES string of the molecule is COc1ccc(Cl)cc1NC(=O)CSc1nnc(NC(=O)c2ccc(S(=O)(=O)N3CCOCC3)cc2)s1. The smallest absolute Gasteiger partial charge is 0.257 e. The van der Waals surface area contributed by atoms with Crippen molar-refractivity contribution in [2.45, 2.75) is 9.24 Å². The van der Waals surface area contributed by atoms with Gasteiger partial charge in [-0.15, -0.1) is 10.2 Å². The number of nitrogens with one attached hydrogen (secondary N) is 2. The number of nitrogens with zero attached hydrogens (tertiary/aromatic N) is 3. The van der Waals surface area contributed by atoms with Gasteiger partial charge in [-0.1, -0.05) is 34.7 Å². The summed E-state index contributed by atoms with van der Waals surface area (Å²) in [6.07, 6.45) is 0. The fraction of sp³-hybridized carbons (Fsp3) is 0.273. The Morgan fingerprint density at radius 3 is 2.57 bits per heavy atom. The van der Waals surface area contributed by atoms with Crippen molar-refractivity contribution in [1.82, 2.24) is 14.5 Å². The normalized spacial score (nSPS) is 14.2. The first-order valence-corrected chi connectivity index (χ1v) is 14.5. The average Bonchev–Trinajstić information content (AvgIpc) is 3.35. The molecular weight excluding hydrogens is 562 g/mol. The van der Waals surface area contributed by atoms with E-state index < -0.39 is 15.9 Å². The lowest BCUT2D eigenvalue weighted by Crippen LogP contribution is -2.40. The Labute approximate surface area is 226 Å².